The van der Waals surface area contributed by atoms with Gasteiger partial charge in [-0.05, 0) is 42.8 Å². The predicted octanol–water partition coefficient (Wildman–Crippen LogP) is 6.31. The van der Waals surface area contributed by atoms with Gasteiger partial charge in [0.1, 0.15) is 5.52 Å². The fourth-order valence-electron chi connectivity index (χ4n) is 2.24. The number of rotatable bonds is 4. The van der Waals surface area contributed by atoms with Gasteiger partial charge in [-0.15, -0.1) is 0 Å². The summed E-state index contributed by atoms with van der Waals surface area (Å²) in [6.07, 6.45) is 0. The highest BCUT2D eigenvalue weighted by Crippen LogP contribution is 2.41. The minimum absolute atomic E-state index is 0.281. The number of benzene rings is 2. The zero-order chi connectivity index (χ0) is 18.2. The summed E-state index contributed by atoms with van der Waals surface area (Å²) < 4.78 is 9.68. The van der Waals surface area contributed by atoms with Crippen LogP contribution in [0, 0.1) is 0 Å². The molecule has 0 spiro atoms. The maximum absolute atomic E-state index is 12.1. The minimum atomic E-state index is -1.15. The summed E-state index contributed by atoms with van der Waals surface area (Å²) in [4.78, 5) is 16.6. The molecule has 0 amide bonds. The second kappa shape index (κ2) is 7.27. The number of fused-ring (bicyclic) bond motifs is 1. The largest absolute Gasteiger partial charge is 0.464 e. The van der Waals surface area contributed by atoms with Crippen molar-refractivity contribution in [3.05, 3.63) is 52.0 Å². The molecule has 0 unspecified atom stereocenters. The van der Waals surface area contributed by atoms with Gasteiger partial charge < -0.3 is 9.15 Å². The molecule has 0 aliphatic carbocycles. The Morgan fingerprint density at radius 3 is 2.68 bits per heavy atom. The second-order valence-electron chi connectivity index (χ2n) is 5.12. The van der Waals surface area contributed by atoms with Crippen LogP contribution in [0.15, 0.2) is 40.8 Å². The van der Waals surface area contributed by atoms with Gasteiger partial charge in [-0.2, -0.15) is 0 Å². The van der Waals surface area contributed by atoms with Gasteiger partial charge in [0, 0.05) is 5.02 Å². The standard InChI is InChI=1S/C17H11Br2Cl2NO3/c1-2-24-16(23)17(18,19)9-3-6-14-13(7-9)22-15(25-14)11-5-4-10(20)8-12(11)21/h3-8H,2H2,1H3. The molecule has 3 aromatic rings. The van der Waals surface area contributed by atoms with E-state index in [-0.39, 0.29) is 6.61 Å². The lowest BCUT2D eigenvalue weighted by Crippen LogP contribution is -2.24. The van der Waals surface area contributed by atoms with E-state index in [9.17, 15) is 4.79 Å². The Morgan fingerprint density at radius 1 is 1.24 bits per heavy atom. The molecule has 2 aromatic carbocycles. The average molecular weight is 508 g/mol. The molecule has 0 fully saturated rings. The van der Waals surface area contributed by atoms with Crippen LogP contribution in [0.5, 0.6) is 0 Å². The first-order valence-corrected chi connectivity index (χ1v) is 9.58. The van der Waals surface area contributed by atoms with E-state index < -0.39 is 9.20 Å². The van der Waals surface area contributed by atoms with Crippen LogP contribution < -0.4 is 0 Å². The van der Waals surface area contributed by atoms with Crippen molar-refractivity contribution in [2.75, 3.05) is 6.61 Å². The fourth-order valence-corrected chi connectivity index (χ4v) is 3.45. The first-order valence-electron chi connectivity index (χ1n) is 7.24. The van der Waals surface area contributed by atoms with Crippen LogP contribution in [0.3, 0.4) is 0 Å². The molecule has 0 bridgehead atoms. The summed E-state index contributed by atoms with van der Waals surface area (Å²) in [6.45, 7) is 2.03. The van der Waals surface area contributed by atoms with Crippen molar-refractivity contribution >= 4 is 72.1 Å². The average Bonchev–Trinajstić information content (AvgIpc) is 2.97. The lowest BCUT2D eigenvalue weighted by molar-refractivity contribution is -0.143. The van der Waals surface area contributed by atoms with Crippen LogP contribution >= 0.6 is 55.1 Å². The number of alkyl halides is 2. The van der Waals surface area contributed by atoms with E-state index in [0.717, 1.165) is 0 Å². The van der Waals surface area contributed by atoms with Crippen molar-refractivity contribution in [1.82, 2.24) is 4.98 Å². The highest BCUT2D eigenvalue weighted by molar-refractivity contribution is 9.25. The molecule has 0 saturated carbocycles. The number of ether oxygens (including phenoxy) is 1. The third kappa shape index (κ3) is 3.72. The third-order valence-corrected chi connectivity index (χ3v) is 5.55. The Bertz CT molecular complexity index is 956. The van der Waals surface area contributed by atoms with E-state index in [1.165, 1.54) is 0 Å². The number of oxazole rings is 1. The molecular weight excluding hydrogens is 497 g/mol. The number of aromatic nitrogens is 1. The summed E-state index contributed by atoms with van der Waals surface area (Å²) >= 11 is 18.9. The van der Waals surface area contributed by atoms with Gasteiger partial charge in [0.2, 0.25) is 9.12 Å². The Hall–Kier alpha value is -1.08. The highest BCUT2D eigenvalue weighted by Gasteiger charge is 2.36. The second-order valence-corrected chi connectivity index (χ2v) is 9.41. The molecule has 4 nitrogen and oxygen atoms in total. The van der Waals surface area contributed by atoms with Gasteiger partial charge in [0.05, 0.1) is 17.2 Å². The van der Waals surface area contributed by atoms with Crippen LogP contribution in [-0.2, 0) is 12.8 Å². The van der Waals surface area contributed by atoms with E-state index >= 15 is 0 Å². The van der Waals surface area contributed by atoms with Crippen molar-refractivity contribution in [3.8, 4) is 11.5 Å². The number of halogens is 4. The first kappa shape index (κ1) is 18.7. The molecule has 0 atom stereocenters. The Balaban J connectivity index is 2.03. The smallest absolute Gasteiger partial charge is 0.338 e. The molecule has 3 rings (SSSR count). The fraction of sp³-hybridized carbons (Fsp3) is 0.176. The van der Waals surface area contributed by atoms with E-state index in [2.05, 4.69) is 36.8 Å². The molecule has 0 N–H and O–H groups in total. The SMILES string of the molecule is CCOC(=O)C(Br)(Br)c1ccc2oc(-c3ccc(Cl)cc3Cl)nc2c1. The highest BCUT2D eigenvalue weighted by atomic mass is 79.9. The molecule has 0 radical (unpaired) electrons. The van der Waals surface area contributed by atoms with Crippen molar-refractivity contribution < 1.29 is 13.9 Å². The van der Waals surface area contributed by atoms with Gasteiger partial charge in [0.25, 0.3) is 0 Å². The van der Waals surface area contributed by atoms with Gasteiger partial charge >= 0.3 is 5.97 Å². The van der Waals surface area contributed by atoms with Crippen LogP contribution in [0.25, 0.3) is 22.6 Å². The van der Waals surface area contributed by atoms with Crippen molar-refractivity contribution in [2.24, 2.45) is 0 Å². The number of esters is 1. The number of nitrogens with zero attached hydrogens (tertiary/aromatic N) is 1. The predicted molar refractivity (Wildman–Crippen MR) is 106 cm³/mol. The summed E-state index contributed by atoms with van der Waals surface area (Å²) in [6, 6.07) is 10.3. The summed E-state index contributed by atoms with van der Waals surface area (Å²) in [7, 11) is 0. The molecule has 0 aliphatic heterocycles. The topological polar surface area (TPSA) is 52.3 Å². The van der Waals surface area contributed by atoms with Gasteiger partial charge in [-0.3, -0.25) is 0 Å². The Morgan fingerprint density at radius 2 is 2.00 bits per heavy atom. The molecule has 130 valence electrons. The summed E-state index contributed by atoms with van der Waals surface area (Å²) in [5.74, 6) is -0.0708. The number of hydrogen-bond donors (Lipinski definition) is 0. The quantitative estimate of drug-likeness (QED) is 0.307. The summed E-state index contributed by atoms with van der Waals surface area (Å²) in [5.41, 5.74) is 2.44. The lowest BCUT2D eigenvalue weighted by atomic mass is 10.1. The molecule has 0 saturated heterocycles. The van der Waals surface area contributed by atoms with E-state index in [1.54, 1.807) is 43.3 Å². The molecule has 1 aromatic heterocycles. The van der Waals surface area contributed by atoms with Crippen LogP contribution in [0.1, 0.15) is 12.5 Å². The molecular formula is C17H11Br2Cl2NO3. The van der Waals surface area contributed by atoms with E-state index in [4.69, 9.17) is 32.4 Å². The number of carbonyl (C=O) groups is 1. The Kier molecular flexibility index (Phi) is 5.44. The van der Waals surface area contributed by atoms with Crippen LogP contribution in [-0.4, -0.2) is 17.6 Å². The number of carbonyl (C=O) groups excluding carboxylic acids is 1. The third-order valence-electron chi connectivity index (χ3n) is 3.44. The Labute approximate surface area is 170 Å². The van der Waals surface area contributed by atoms with Crippen molar-refractivity contribution in [1.29, 1.82) is 0 Å². The lowest BCUT2D eigenvalue weighted by Gasteiger charge is -2.18. The molecule has 8 heteroatoms. The molecule has 0 aliphatic rings. The molecule has 1 heterocycles. The van der Waals surface area contributed by atoms with E-state index in [0.29, 0.717) is 38.2 Å². The monoisotopic (exact) mass is 505 g/mol. The minimum Gasteiger partial charge on any atom is -0.464 e. The maximum Gasteiger partial charge on any atom is 0.338 e. The normalized spacial score (nSPS) is 11.7. The van der Waals surface area contributed by atoms with Crippen LogP contribution in [0.2, 0.25) is 10.0 Å². The van der Waals surface area contributed by atoms with Gasteiger partial charge in [-0.1, -0.05) is 61.1 Å². The van der Waals surface area contributed by atoms with Crippen molar-refractivity contribution in [3.63, 3.8) is 0 Å². The van der Waals surface area contributed by atoms with Gasteiger partial charge in [-0.25, -0.2) is 9.78 Å². The number of hydrogen-bond acceptors (Lipinski definition) is 4. The first-order chi connectivity index (χ1) is 11.8. The zero-order valence-electron chi connectivity index (χ0n) is 12.9. The summed E-state index contributed by atoms with van der Waals surface area (Å²) in [5, 5.41) is 0.978. The molecule has 25 heavy (non-hydrogen) atoms. The van der Waals surface area contributed by atoms with Gasteiger partial charge in [0.15, 0.2) is 5.58 Å². The van der Waals surface area contributed by atoms with Crippen LogP contribution in [0.4, 0.5) is 0 Å². The zero-order valence-corrected chi connectivity index (χ0v) is 17.5. The van der Waals surface area contributed by atoms with Crippen molar-refractivity contribution in [2.45, 2.75) is 10.2 Å². The van der Waals surface area contributed by atoms with E-state index in [1.807, 2.05) is 0 Å². The maximum atomic E-state index is 12.1.